The number of piperidine rings is 1. The third kappa shape index (κ3) is 3.79. The third-order valence-corrected chi connectivity index (χ3v) is 6.84. The SMILES string of the molecule is CCS(=O)(=O)N1CCC(NC(=O)C2Cc3ccccc3CN2)CC1. The van der Waals surface area contributed by atoms with E-state index in [2.05, 4.69) is 22.8 Å². The summed E-state index contributed by atoms with van der Waals surface area (Å²) in [7, 11) is -3.12. The van der Waals surface area contributed by atoms with Crippen LogP contribution in [0.15, 0.2) is 24.3 Å². The molecule has 0 aliphatic carbocycles. The van der Waals surface area contributed by atoms with Gasteiger partial charge in [-0.3, -0.25) is 4.79 Å². The molecular formula is C17H25N3O3S. The van der Waals surface area contributed by atoms with E-state index in [9.17, 15) is 13.2 Å². The number of hydrogen-bond donors (Lipinski definition) is 2. The van der Waals surface area contributed by atoms with Crippen LogP contribution >= 0.6 is 0 Å². The number of benzene rings is 1. The molecule has 2 aliphatic rings. The molecule has 2 heterocycles. The lowest BCUT2D eigenvalue weighted by Crippen LogP contribution is -2.53. The highest BCUT2D eigenvalue weighted by molar-refractivity contribution is 7.89. The van der Waals surface area contributed by atoms with Crippen LogP contribution in [0, 0.1) is 0 Å². The number of hydrogen-bond acceptors (Lipinski definition) is 4. The van der Waals surface area contributed by atoms with Gasteiger partial charge in [-0.05, 0) is 37.3 Å². The van der Waals surface area contributed by atoms with Crippen LogP contribution < -0.4 is 10.6 Å². The summed E-state index contributed by atoms with van der Waals surface area (Å²) in [6.45, 7) is 3.35. The van der Waals surface area contributed by atoms with Crippen LogP contribution in [0.1, 0.15) is 30.9 Å². The molecule has 24 heavy (non-hydrogen) atoms. The number of nitrogens with one attached hydrogen (secondary N) is 2. The first-order valence-corrected chi connectivity index (χ1v) is 10.2. The number of rotatable bonds is 4. The van der Waals surface area contributed by atoms with Crippen molar-refractivity contribution in [1.82, 2.24) is 14.9 Å². The maximum atomic E-state index is 12.5. The summed E-state index contributed by atoms with van der Waals surface area (Å²) >= 11 is 0. The van der Waals surface area contributed by atoms with E-state index in [0.29, 0.717) is 38.9 Å². The van der Waals surface area contributed by atoms with Crippen molar-refractivity contribution in [3.8, 4) is 0 Å². The Morgan fingerprint density at radius 1 is 1.25 bits per heavy atom. The first-order valence-electron chi connectivity index (χ1n) is 8.58. The Hall–Kier alpha value is -1.44. The molecule has 6 nitrogen and oxygen atoms in total. The van der Waals surface area contributed by atoms with Crippen molar-refractivity contribution >= 4 is 15.9 Å². The van der Waals surface area contributed by atoms with Gasteiger partial charge < -0.3 is 10.6 Å². The van der Waals surface area contributed by atoms with Gasteiger partial charge in [0.2, 0.25) is 15.9 Å². The maximum Gasteiger partial charge on any atom is 0.237 e. The van der Waals surface area contributed by atoms with E-state index < -0.39 is 10.0 Å². The van der Waals surface area contributed by atoms with Gasteiger partial charge in [-0.15, -0.1) is 0 Å². The molecule has 1 unspecified atom stereocenters. The van der Waals surface area contributed by atoms with E-state index in [1.165, 1.54) is 15.4 Å². The van der Waals surface area contributed by atoms with Gasteiger partial charge in [0.15, 0.2) is 0 Å². The summed E-state index contributed by atoms with van der Waals surface area (Å²) in [4.78, 5) is 12.5. The molecule has 1 aromatic rings. The van der Waals surface area contributed by atoms with Crippen LogP contribution in [0.4, 0.5) is 0 Å². The number of amides is 1. The summed E-state index contributed by atoms with van der Waals surface area (Å²) in [5, 5.41) is 6.37. The highest BCUT2D eigenvalue weighted by Gasteiger charge is 2.30. The van der Waals surface area contributed by atoms with Gasteiger partial charge in [0.25, 0.3) is 0 Å². The number of fused-ring (bicyclic) bond motifs is 1. The monoisotopic (exact) mass is 351 g/mol. The minimum atomic E-state index is -3.12. The predicted molar refractivity (Wildman–Crippen MR) is 93.0 cm³/mol. The second-order valence-electron chi connectivity index (χ2n) is 6.49. The molecule has 2 N–H and O–H groups in total. The molecule has 1 amide bonds. The van der Waals surface area contributed by atoms with Crippen LogP contribution in [-0.2, 0) is 27.8 Å². The molecule has 2 aliphatic heterocycles. The van der Waals surface area contributed by atoms with Crippen molar-refractivity contribution < 1.29 is 13.2 Å². The Balaban J connectivity index is 1.52. The smallest absolute Gasteiger partial charge is 0.237 e. The number of sulfonamides is 1. The first kappa shape index (κ1) is 17.4. The van der Waals surface area contributed by atoms with Gasteiger partial charge in [-0.1, -0.05) is 24.3 Å². The average Bonchev–Trinajstić information content (AvgIpc) is 2.61. The minimum absolute atomic E-state index is 0.0151. The van der Waals surface area contributed by atoms with Crippen LogP contribution in [0.25, 0.3) is 0 Å². The average molecular weight is 351 g/mol. The molecule has 1 aromatic carbocycles. The Morgan fingerprint density at radius 2 is 1.92 bits per heavy atom. The van der Waals surface area contributed by atoms with E-state index in [0.717, 1.165) is 0 Å². The molecule has 132 valence electrons. The van der Waals surface area contributed by atoms with Gasteiger partial charge in [0, 0.05) is 25.7 Å². The Bertz CT molecular complexity index is 697. The molecule has 1 fully saturated rings. The van der Waals surface area contributed by atoms with Gasteiger partial charge in [-0.25, -0.2) is 12.7 Å². The highest BCUT2D eigenvalue weighted by Crippen LogP contribution is 2.18. The standard InChI is InChI=1S/C17H25N3O3S/c1-2-24(22,23)20-9-7-15(8-10-20)19-17(21)16-11-13-5-3-4-6-14(13)12-18-16/h3-6,15-16,18H,2,7-12H2,1H3,(H,19,21). The molecule has 0 aromatic heterocycles. The third-order valence-electron chi connectivity index (χ3n) is 4.96. The molecule has 0 saturated carbocycles. The van der Waals surface area contributed by atoms with E-state index in [1.54, 1.807) is 6.92 Å². The largest absolute Gasteiger partial charge is 0.352 e. The zero-order valence-electron chi connectivity index (χ0n) is 14.0. The molecule has 0 spiro atoms. The summed E-state index contributed by atoms with van der Waals surface area (Å²) < 4.78 is 25.3. The van der Waals surface area contributed by atoms with E-state index in [-0.39, 0.29) is 23.7 Å². The Kier molecular flexibility index (Phi) is 5.22. The predicted octanol–water partition coefficient (Wildman–Crippen LogP) is 0.631. The Labute approximate surface area is 143 Å². The van der Waals surface area contributed by atoms with Crippen molar-refractivity contribution in [3.05, 3.63) is 35.4 Å². The normalized spacial score (nSPS) is 22.8. The van der Waals surface area contributed by atoms with Gasteiger partial charge in [0.1, 0.15) is 0 Å². The molecule has 3 rings (SSSR count). The molecule has 0 bridgehead atoms. The topological polar surface area (TPSA) is 78.5 Å². The minimum Gasteiger partial charge on any atom is -0.352 e. The fraction of sp³-hybridized carbons (Fsp3) is 0.588. The summed E-state index contributed by atoms with van der Waals surface area (Å²) in [6, 6.07) is 8.02. The molecule has 0 radical (unpaired) electrons. The quantitative estimate of drug-likeness (QED) is 0.834. The van der Waals surface area contributed by atoms with Crippen LogP contribution in [0.3, 0.4) is 0 Å². The van der Waals surface area contributed by atoms with Crippen molar-refractivity contribution in [2.75, 3.05) is 18.8 Å². The van der Waals surface area contributed by atoms with Gasteiger partial charge in [-0.2, -0.15) is 0 Å². The van der Waals surface area contributed by atoms with Crippen molar-refractivity contribution in [1.29, 1.82) is 0 Å². The van der Waals surface area contributed by atoms with Crippen molar-refractivity contribution in [2.45, 2.75) is 44.8 Å². The number of nitrogens with zero attached hydrogens (tertiary/aromatic N) is 1. The highest BCUT2D eigenvalue weighted by atomic mass is 32.2. The molecule has 1 saturated heterocycles. The second kappa shape index (κ2) is 7.21. The van der Waals surface area contributed by atoms with E-state index in [1.807, 2.05) is 12.1 Å². The van der Waals surface area contributed by atoms with E-state index in [4.69, 9.17) is 0 Å². The summed E-state index contributed by atoms with van der Waals surface area (Å²) in [6.07, 6.45) is 2.05. The van der Waals surface area contributed by atoms with Crippen LogP contribution in [0.2, 0.25) is 0 Å². The number of carbonyl (C=O) groups is 1. The molecule has 1 atom stereocenters. The zero-order chi connectivity index (χ0) is 17.2. The van der Waals surface area contributed by atoms with Crippen LogP contribution in [-0.4, -0.2) is 49.6 Å². The number of carbonyl (C=O) groups excluding carboxylic acids is 1. The van der Waals surface area contributed by atoms with Crippen molar-refractivity contribution in [3.63, 3.8) is 0 Å². The summed E-state index contributed by atoms with van der Waals surface area (Å²) in [5.41, 5.74) is 2.47. The fourth-order valence-electron chi connectivity index (χ4n) is 3.40. The Morgan fingerprint density at radius 3 is 2.58 bits per heavy atom. The lowest BCUT2D eigenvalue weighted by molar-refractivity contribution is -0.124. The second-order valence-corrected chi connectivity index (χ2v) is 8.75. The zero-order valence-corrected chi connectivity index (χ0v) is 14.8. The lowest BCUT2D eigenvalue weighted by atomic mass is 9.95. The van der Waals surface area contributed by atoms with Gasteiger partial charge >= 0.3 is 0 Å². The maximum absolute atomic E-state index is 12.5. The fourth-order valence-corrected chi connectivity index (χ4v) is 4.53. The van der Waals surface area contributed by atoms with Crippen LogP contribution in [0.5, 0.6) is 0 Å². The van der Waals surface area contributed by atoms with Gasteiger partial charge in [0.05, 0.1) is 11.8 Å². The molecular weight excluding hydrogens is 326 g/mol. The molecule has 7 heteroatoms. The first-order chi connectivity index (χ1) is 11.5. The summed E-state index contributed by atoms with van der Waals surface area (Å²) in [5.74, 6) is 0.149. The lowest BCUT2D eigenvalue weighted by Gasteiger charge is -2.33. The van der Waals surface area contributed by atoms with Crippen molar-refractivity contribution in [2.24, 2.45) is 0 Å². The van der Waals surface area contributed by atoms with E-state index >= 15 is 0 Å².